The summed E-state index contributed by atoms with van der Waals surface area (Å²) in [6.45, 7) is 10.6. The van der Waals surface area contributed by atoms with E-state index in [0.29, 0.717) is 18.9 Å². The molecule has 0 amide bonds. The number of hydrogen-bond donors (Lipinski definition) is 0. The van der Waals surface area contributed by atoms with E-state index in [2.05, 4.69) is 48.5 Å². The van der Waals surface area contributed by atoms with Gasteiger partial charge in [-0.1, -0.05) is 50.0 Å². The molecule has 1 heterocycles. The van der Waals surface area contributed by atoms with Crippen LogP contribution < -0.4 is 0 Å². The molecule has 0 saturated carbocycles. The Hall–Kier alpha value is -2.37. The smallest absolute Gasteiger partial charge is 0.338 e. The molecule has 148 valence electrons. The molecule has 28 heavy (non-hydrogen) atoms. The van der Waals surface area contributed by atoms with Gasteiger partial charge in [0.05, 0.1) is 23.4 Å². The molecule has 0 aliphatic heterocycles. The van der Waals surface area contributed by atoms with Crippen LogP contribution in [0.1, 0.15) is 17.3 Å². The van der Waals surface area contributed by atoms with Crippen molar-refractivity contribution < 1.29 is 14.3 Å². The zero-order valence-corrected chi connectivity index (χ0v) is 18.2. The molecule has 4 nitrogen and oxygen atoms in total. The first kappa shape index (κ1) is 20.4. The second-order valence-corrected chi connectivity index (χ2v) is 13.8. The summed E-state index contributed by atoms with van der Waals surface area (Å²) in [7, 11) is -1.11. The number of benzene rings is 2. The van der Waals surface area contributed by atoms with E-state index >= 15 is 0 Å². The molecule has 0 aliphatic rings. The summed E-state index contributed by atoms with van der Waals surface area (Å²) in [6, 6.07) is 19.2. The van der Waals surface area contributed by atoms with E-state index in [-0.39, 0.29) is 5.97 Å². The van der Waals surface area contributed by atoms with Crippen molar-refractivity contribution in [2.75, 3.05) is 13.2 Å². The molecule has 0 unspecified atom stereocenters. The van der Waals surface area contributed by atoms with Crippen LogP contribution in [0, 0.1) is 0 Å². The number of carbonyl (C=O) groups is 1. The van der Waals surface area contributed by atoms with Crippen LogP contribution in [0.15, 0.2) is 54.6 Å². The van der Waals surface area contributed by atoms with Crippen molar-refractivity contribution in [2.45, 2.75) is 39.3 Å². The highest BCUT2D eigenvalue weighted by molar-refractivity contribution is 6.76. The van der Waals surface area contributed by atoms with Gasteiger partial charge in [0.15, 0.2) is 0 Å². The Morgan fingerprint density at radius 1 is 1.04 bits per heavy atom. The minimum Gasteiger partial charge on any atom is -0.462 e. The van der Waals surface area contributed by atoms with Crippen molar-refractivity contribution in [3.63, 3.8) is 0 Å². The standard InChI is InChI=1S/C23H29NO3Si/c1-5-27-23(25)19-12-10-18(11-13-19)22-16-20-8-6-7-9-21(20)24(22)17-26-14-15-28(2,3)4/h6-13,16H,5,14-15,17H2,1-4H3. The van der Waals surface area contributed by atoms with Gasteiger partial charge in [-0.15, -0.1) is 0 Å². The highest BCUT2D eigenvalue weighted by Gasteiger charge is 2.14. The summed E-state index contributed by atoms with van der Waals surface area (Å²) >= 11 is 0. The van der Waals surface area contributed by atoms with Crippen LogP contribution in [0.4, 0.5) is 0 Å². The third-order valence-corrected chi connectivity index (χ3v) is 6.42. The summed E-state index contributed by atoms with van der Waals surface area (Å²) < 4.78 is 13.3. The van der Waals surface area contributed by atoms with Crippen molar-refractivity contribution in [1.29, 1.82) is 0 Å². The van der Waals surface area contributed by atoms with Crippen molar-refractivity contribution in [1.82, 2.24) is 4.57 Å². The minimum atomic E-state index is -1.11. The van der Waals surface area contributed by atoms with E-state index in [1.54, 1.807) is 0 Å². The molecule has 0 saturated heterocycles. The fourth-order valence-electron chi connectivity index (χ4n) is 3.11. The molecular formula is C23H29NO3Si. The molecule has 1 aromatic heterocycles. The van der Waals surface area contributed by atoms with Crippen LogP contribution in [-0.2, 0) is 16.2 Å². The highest BCUT2D eigenvalue weighted by atomic mass is 28.3. The monoisotopic (exact) mass is 395 g/mol. The lowest BCUT2D eigenvalue weighted by atomic mass is 10.1. The van der Waals surface area contributed by atoms with Gasteiger partial charge < -0.3 is 14.0 Å². The molecule has 0 spiro atoms. The number of fused-ring (bicyclic) bond motifs is 1. The Labute approximate surface area is 168 Å². The summed E-state index contributed by atoms with van der Waals surface area (Å²) in [4.78, 5) is 11.9. The molecule has 2 aromatic carbocycles. The van der Waals surface area contributed by atoms with Gasteiger partial charge in [-0.3, -0.25) is 0 Å². The lowest BCUT2D eigenvalue weighted by molar-refractivity contribution is 0.0526. The first-order valence-electron chi connectivity index (χ1n) is 9.82. The number of para-hydroxylation sites is 1. The topological polar surface area (TPSA) is 40.5 Å². The molecule has 0 bridgehead atoms. The fraction of sp³-hybridized carbons (Fsp3) is 0.348. The Morgan fingerprint density at radius 2 is 1.75 bits per heavy atom. The van der Waals surface area contributed by atoms with Gasteiger partial charge in [0.1, 0.15) is 6.73 Å². The summed E-state index contributed by atoms with van der Waals surface area (Å²) in [5.74, 6) is -0.288. The zero-order valence-electron chi connectivity index (χ0n) is 17.2. The Balaban J connectivity index is 1.87. The molecule has 0 atom stereocenters. The first-order chi connectivity index (χ1) is 13.4. The maximum atomic E-state index is 11.9. The normalized spacial score (nSPS) is 11.7. The average Bonchev–Trinajstić information content (AvgIpc) is 3.03. The van der Waals surface area contributed by atoms with Crippen LogP contribution in [0.25, 0.3) is 22.2 Å². The zero-order chi connectivity index (χ0) is 20.1. The van der Waals surface area contributed by atoms with E-state index in [1.165, 1.54) is 5.39 Å². The molecule has 3 rings (SSSR count). The number of esters is 1. The number of rotatable bonds is 8. The van der Waals surface area contributed by atoms with Gasteiger partial charge in [0.25, 0.3) is 0 Å². The lowest BCUT2D eigenvalue weighted by Gasteiger charge is -2.17. The van der Waals surface area contributed by atoms with Crippen LogP contribution in [-0.4, -0.2) is 31.8 Å². The van der Waals surface area contributed by atoms with Gasteiger partial charge in [0, 0.05) is 20.1 Å². The van der Waals surface area contributed by atoms with Crippen LogP contribution in [0.3, 0.4) is 0 Å². The SMILES string of the molecule is CCOC(=O)c1ccc(-c2cc3ccccc3n2COCC[Si](C)(C)C)cc1. The fourth-order valence-corrected chi connectivity index (χ4v) is 3.87. The molecule has 5 heteroatoms. The molecule has 0 fully saturated rings. The van der Waals surface area contributed by atoms with Crippen molar-refractivity contribution in [3.8, 4) is 11.3 Å². The largest absolute Gasteiger partial charge is 0.462 e. The van der Waals surface area contributed by atoms with Gasteiger partial charge in [-0.05, 0) is 42.8 Å². The molecule has 3 aromatic rings. The van der Waals surface area contributed by atoms with Crippen LogP contribution in [0.5, 0.6) is 0 Å². The van der Waals surface area contributed by atoms with E-state index in [9.17, 15) is 4.79 Å². The van der Waals surface area contributed by atoms with Crippen molar-refractivity contribution >= 4 is 24.9 Å². The van der Waals surface area contributed by atoms with Crippen LogP contribution >= 0.6 is 0 Å². The molecule has 0 radical (unpaired) electrons. The Kier molecular flexibility index (Phi) is 6.37. The van der Waals surface area contributed by atoms with Gasteiger partial charge in [-0.2, -0.15) is 0 Å². The summed E-state index contributed by atoms with van der Waals surface area (Å²) in [6.07, 6.45) is 0. The third-order valence-electron chi connectivity index (χ3n) is 4.72. The summed E-state index contributed by atoms with van der Waals surface area (Å²) in [5.41, 5.74) is 3.86. The highest BCUT2D eigenvalue weighted by Crippen LogP contribution is 2.29. The van der Waals surface area contributed by atoms with Crippen molar-refractivity contribution in [3.05, 3.63) is 60.2 Å². The third kappa shape index (κ3) is 4.91. The van der Waals surface area contributed by atoms with Gasteiger partial charge in [0.2, 0.25) is 0 Å². The maximum Gasteiger partial charge on any atom is 0.338 e. The van der Waals surface area contributed by atoms with E-state index in [1.807, 2.05) is 37.3 Å². The molecular weight excluding hydrogens is 366 g/mol. The predicted molar refractivity (Wildman–Crippen MR) is 117 cm³/mol. The van der Waals surface area contributed by atoms with E-state index in [0.717, 1.165) is 29.4 Å². The quantitative estimate of drug-likeness (QED) is 0.275. The number of carbonyl (C=O) groups excluding carboxylic acids is 1. The van der Waals surface area contributed by atoms with E-state index in [4.69, 9.17) is 9.47 Å². The first-order valence-corrected chi connectivity index (χ1v) is 13.5. The Bertz CT molecular complexity index is 939. The Morgan fingerprint density at radius 3 is 2.43 bits per heavy atom. The lowest BCUT2D eigenvalue weighted by Crippen LogP contribution is -2.22. The number of ether oxygens (including phenoxy) is 2. The van der Waals surface area contributed by atoms with Crippen molar-refractivity contribution in [2.24, 2.45) is 0 Å². The molecule has 0 aliphatic carbocycles. The minimum absolute atomic E-state index is 0.288. The number of hydrogen-bond acceptors (Lipinski definition) is 3. The van der Waals surface area contributed by atoms with Gasteiger partial charge >= 0.3 is 5.97 Å². The van der Waals surface area contributed by atoms with E-state index < -0.39 is 8.07 Å². The van der Waals surface area contributed by atoms with Gasteiger partial charge in [-0.25, -0.2) is 4.79 Å². The predicted octanol–water partition coefficient (Wildman–Crippen LogP) is 5.80. The summed E-state index contributed by atoms with van der Waals surface area (Å²) in [5, 5.41) is 1.18. The number of aromatic nitrogens is 1. The maximum absolute atomic E-state index is 11.9. The van der Waals surface area contributed by atoms with Crippen LogP contribution in [0.2, 0.25) is 25.7 Å². The second-order valence-electron chi connectivity index (χ2n) is 8.16. The molecule has 0 N–H and O–H groups in total. The average molecular weight is 396 g/mol. The second kappa shape index (κ2) is 8.75. The number of nitrogens with zero attached hydrogens (tertiary/aromatic N) is 1.